The number of carboxylic acids is 4. The molecule has 0 spiro atoms. The number of amides is 1. The Morgan fingerprint density at radius 2 is 1.23 bits per heavy atom. The van der Waals surface area contributed by atoms with E-state index in [2.05, 4.69) is 9.97 Å². The number of hydrogen-bond acceptors (Lipinski definition) is 12. The molecule has 0 unspecified atom stereocenters. The Morgan fingerprint density at radius 1 is 0.800 bits per heavy atom. The molecule has 4 atom stereocenters. The second-order valence-corrected chi connectivity index (χ2v) is 9.19. The molecule has 1 heterocycles. The fraction of sp³-hybridized carbons (Fsp3) is 0.529. The van der Waals surface area contributed by atoms with Crippen LogP contribution in [-0.2, 0) is 30.4 Å². The smallest absolute Gasteiger partial charge is 0.321 e. The van der Waals surface area contributed by atoms with E-state index in [1.807, 2.05) is 0 Å². The monoisotopic (exact) mass is 541 g/mol. The summed E-state index contributed by atoms with van der Waals surface area (Å²) >= 11 is 0. The van der Waals surface area contributed by atoms with Gasteiger partial charge in [0.1, 0.15) is 24.2 Å². The van der Waals surface area contributed by atoms with Crippen LogP contribution in [0.3, 0.4) is 0 Å². The van der Waals surface area contributed by atoms with Gasteiger partial charge in [-0.2, -0.15) is 0 Å². The topological polar surface area (TPSA) is 325 Å². The Kier molecular flexibility index (Phi) is 19.0. The number of carbonyl (C=O) groups excluding carboxylic acids is 1. The number of aliphatic carboxylic acids is 4. The summed E-state index contributed by atoms with van der Waals surface area (Å²) in [5.41, 5.74) is 26.2. The zero-order valence-corrected chi connectivity index (χ0v) is 20.1. The average molecular weight is 542 g/mol. The summed E-state index contributed by atoms with van der Waals surface area (Å²) in [6.45, 7) is 0. The first-order chi connectivity index (χ1) is 16.2. The van der Waals surface area contributed by atoms with E-state index < -0.39 is 54.0 Å². The van der Waals surface area contributed by atoms with Gasteiger partial charge in [0.25, 0.3) is 0 Å². The molecule has 0 radical (unpaired) electrons. The van der Waals surface area contributed by atoms with Crippen molar-refractivity contribution < 1.29 is 44.4 Å². The minimum atomic E-state index is -1.11. The van der Waals surface area contributed by atoms with Gasteiger partial charge in [0, 0.05) is 36.2 Å². The molecule has 1 aromatic rings. The second kappa shape index (κ2) is 19.4. The van der Waals surface area contributed by atoms with Gasteiger partial charge in [0.2, 0.25) is 5.91 Å². The number of nitrogens with two attached hydrogens (primary N) is 5. The van der Waals surface area contributed by atoms with Crippen molar-refractivity contribution in [2.24, 2.45) is 28.7 Å². The Morgan fingerprint density at radius 3 is 1.54 bits per heavy atom. The zero-order chi connectivity index (χ0) is 27.6. The molecule has 0 saturated carbocycles. The van der Waals surface area contributed by atoms with E-state index in [1.54, 1.807) is 6.20 Å². The van der Waals surface area contributed by atoms with Crippen molar-refractivity contribution in [2.75, 3.05) is 11.5 Å². The lowest BCUT2D eigenvalue weighted by Crippen LogP contribution is -2.33. The highest BCUT2D eigenvalue weighted by Gasteiger charge is 2.14. The lowest BCUT2D eigenvalue weighted by atomic mass is 10.2. The van der Waals surface area contributed by atoms with Crippen molar-refractivity contribution in [2.45, 2.75) is 43.4 Å². The summed E-state index contributed by atoms with van der Waals surface area (Å²) in [6.07, 6.45) is 3.46. The highest BCUT2D eigenvalue weighted by molar-refractivity contribution is 8.76. The average Bonchev–Trinajstić information content (AvgIpc) is 3.28. The maximum atomic E-state index is 10.3. The zero-order valence-electron chi connectivity index (χ0n) is 18.5. The quantitative estimate of drug-likeness (QED) is 0.0840. The third-order valence-corrected chi connectivity index (χ3v) is 6.02. The summed E-state index contributed by atoms with van der Waals surface area (Å²) in [6, 6.07) is -3.68. The van der Waals surface area contributed by atoms with Gasteiger partial charge in [-0.1, -0.05) is 21.6 Å². The van der Waals surface area contributed by atoms with Crippen LogP contribution in [0, 0.1) is 0 Å². The first kappa shape index (κ1) is 34.3. The van der Waals surface area contributed by atoms with Crippen LogP contribution in [0.1, 0.15) is 18.5 Å². The number of nitrogens with zero attached hydrogens (tertiary/aromatic N) is 1. The highest BCUT2D eigenvalue weighted by atomic mass is 33.1. The summed E-state index contributed by atoms with van der Waals surface area (Å²) < 4.78 is 0. The van der Waals surface area contributed by atoms with E-state index in [9.17, 15) is 24.0 Å². The van der Waals surface area contributed by atoms with Crippen LogP contribution in [0.25, 0.3) is 0 Å². The minimum Gasteiger partial charge on any atom is -0.480 e. The Labute approximate surface area is 207 Å². The fourth-order valence-corrected chi connectivity index (χ4v) is 3.76. The minimum absolute atomic E-state index is 0.0213. The van der Waals surface area contributed by atoms with Crippen molar-refractivity contribution in [3.63, 3.8) is 0 Å². The van der Waals surface area contributed by atoms with E-state index in [1.165, 1.54) is 27.9 Å². The molecule has 35 heavy (non-hydrogen) atoms. The maximum absolute atomic E-state index is 10.3. The van der Waals surface area contributed by atoms with E-state index >= 15 is 0 Å². The molecule has 0 aromatic carbocycles. The van der Waals surface area contributed by atoms with Gasteiger partial charge in [-0.25, -0.2) is 4.98 Å². The van der Waals surface area contributed by atoms with Crippen LogP contribution in [0.5, 0.6) is 0 Å². The van der Waals surface area contributed by atoms with E-state index in [0.717, 1.165) is 5.69 Å². The van der Waals surface area contributed by atoms with Crippen molar-refractivity contribution in [1.82, 2.24) is 9.97 Å². The molecule has 16 nitrogen and oxygen atoms in total. The SMILES string of the molecule is NC(=O)CC[C@H](N)C(=O)O.N[C@@H](CSSC[C@H](N)C(=O)O)C(=O)O.N[C@@H](Cc1cnc[nH]1)C(=O)O. The van der Waals surface area contributed by atoms with E-state index in [4.69, 9.17) is 49.1 Å². The van der Waals surface area contributed by atoms with Crippen molar-refractivity contribution in [3.05, 3.63) is 18.2 Å². The number of aromatic amines is 1. The number of carbonyl (C=O) groups is 5. The van der Waals surface area contributed by atoms with Gasteiger partial charge >= 0.3 is 23.9 Å². The molecule has 0 saturated heterocycles. The number of imidazole rings is 1. The Balaban J connectivity index is 0. The van der Waals surface area contributed by atoms with Crippen molar-refractivity contribution in [1.29, 1.82) is 0 Å². The molecule has 1 rings (SSSR count). The first-order valence-corrected chi connectivity index (χ1v) is 12.1. The summed E-state index contributed by atoms with van der Waals surface area (Å²) in [5.74, 6) is -4.32. The lowest BCUT2D eigenvalue weighted by molar-refractivity contribution is -0.139. The summed E-state index contributed by atoms with van der Waals surface area (Å²) in [4.78, 5) is 57.4. The molecule has 1 aromatic heterocycles. The molecule has 18 heteroatoms. The molecular weight excluding hydrogens is 510 g/mol. The van der Waals surface area contributed by atoms with Gasteiger partial charge in [0.05, 0.1) is 6.33 Å². The van der Waals surface area contributed by atoms with Crippen LogP contribution in [0.15, 0.2) is 12.5 Å². The molecule has 0 bridgehead atoms. The number of primary amides is 1. The molecule has 0 aliphatic carbocycles. The van der Waals surface area contributed by atoms with Gasteiger partial charge in [-0.3, -0.25) is 24.0 Å². The molecule has 0 aliphatic rings. The largest absolute Gasteiger partial charge is 0.480 e. The van der Waals surface area contributed by atoms with Crippen molar-refractivity contribution in [3.8, 4) is 0 Å². The first-order valence-electron chi connectivity index (χ1n) is 9.62. The Hall–Kier alpha value is -2.90. The predicted octanol–water partition coefficient (Wildman–Crippen LogP) is -2.78. The van der Waals surface area contributed by atoms with Crippen LogP contribution < -0.4 is 28.7 Å². The number of aromatic nitrogens is 2. The van der Waals surface area contributed by atoms with Crippen molar-refractivity contribution >= 4 is 51.4 Å². The lowest BCUT2D eigenvalue weighted by Gasteiger charge is -2.07. The van der Waals surface area contributed by atoms with Crippen LogP contribution in [0.4, 0.5) is 0 Å². The van der Waals surface area contributed by atoms with Crippen LogP contribution in [0.2, 0.25) is 0 Å². The third kappa shape index (κ3) is 20.2. The molecule has 0 fully saturated rings. The maximum Gasteiger partial charge on any atom is 0.321 e. The van der Waals surface area contributed by atoms with Gasteiger partial charge in [-0.15, -0.1) is 0 Å². The van der Waals surface area contributed by atoms with Gasteiger partial charge in [-0.05, 0) is 6.42 Å². The number of H-pyrrole nitrogens is 1. The number of carboxylic acid groups (broad SMARTS) is 4. The highest BCUT2D eigenvalue weighted by Crippen LogP contribution is 2.22. The van der Waals surface area contributed by atoms with Gasteiger partial charge in [0.15, 0.2) is 0 Å². The molecule has 0 aliphatic heterocycles. The number of nitrogens with one attached hydrogen (secondary N) is 1. The van der Waals surface area contributed by atoms with E-state index in [-0.39, 0.29) is 30.8 Å². The number of rotatable bonds is 14. The second-order valence-electron chi connectivity index (χ2n) is 6.63. The summed E-state index contributed by atoms with van der Waals surface area (Å²) in [7, 11) is 2.41. The van der Waals surface area contributed by atoms with E-state index in [0.29, 0.717) is 0 Å². The molecular formula is C17H31N7O9S2. The van der Waals surface area contributed by atoms with Crippen LogP contribution >= 0.6 is 21.6 Å². The molecule has 15 N–H and O–H groups in total. The summed E-state index contributed by atoms with van der Waals surface area (Å²) in [5, 5.41) is 33.5. The normalized spacial score (nSPS) is 13.5. The third-order valence-electron chi connectivity index (χ3n) is 3.54. The fourth-order valence-electron chi connectivity index (χ4n) is 1.53. The Bertz CT molecular complexity index is 777. The molecule has 1 amide bonds. The predicted molar refractivity (Wildman–Crippen MR) is 128 cm³/mol. The standard InChI is InChI=1S/C6H9N3O2.C6H12N2O4S2.C5H10N2O3/c7-5(6(10)11)1-4-2-8-3-9-4;7-3(5(9)10)1-13-14-2-4(8)6(11)12;6-3(5(9)10)1-2-4(7)8/h2-3,5H,1,7H2,(H,8,9)(H,10,11);3-4H,1-2,7-8H2,(H,9,10)(H,11,12);3H,1-2,6H2,(H2,7,8)(H,9,10)/t5-;3-,4-;3-/m000/s1. The van der Waals surface area contributed by atoms with Crippen LogP contribution in [-0.4, -0.2) is 95.9 Å². The van der Waals surface area contributed by atoms with Gasteiger partial charge < -0.3 is 54.1 Å². The number of hydrogen-bond donors (Lipinski definition) is 10. The molecule has 200 valence electrons.